The molecule has 138 valence electrons. The summed E-state index contributed by atoms with van der Waals surface area (Å²) in [7, 11) is 0. The summed E-state index contributed by atoms with van der Waals surface area (Å²) >= 11 is 0. The Kier molecular flexibility index (Phi) is 10.1. The number of rotatable bonds is 12. The fourth-order valence-corrected chi connectivity index (χ4v) is 2.40. The van der Waals surface area contributed by atoms with Gasteiger partial charge in [0.25, 0.3) is 0 Å². The molecule has 0 aromatic heterocycles. The van der Waals surface area contributed by atoms with Crippen LogP contribution in [0.15, 0.2) is 18.2 Å². The monoisotopic (exact) mass is 347 g/mol. The smallest absolute Gasteiger partial charge is 0.234 e. The zero-order chi connectivity index (χ0) is 18.5. The molecule has 0 radical (unpaired) electrons. The van der Waals surface area contributed by atoms with Gasteiger partial charge < -0.3 is 19.7 Å². The number of carbonyl (C=O) groups is 1. The van der Waals surface area contributed by atoms with Crippen LogP contribution >= 0.6 is 0 Å². The topological polar surface area (TPSA) is 74.6 Å². The molecule has 0 aliphatic rings. The molecule has 1 aromatic carbocycles. The first kappa shape index (κ1) is 20.8. The number of nitrogens with one attached hydrogen (secondary N) is 1. The third kappa shape index (κ3) is 7.90. The van der Waals surface area contributed by atoms with Crippen molar-refractivity contribution in [2.45, 2.75) is 33.6 Å². The minimum atomic E-state index is -0.246. The minimum Gasteiger partial charge on any atom is -0.490 e. The lowest BCUT2D eigenvalue weighted by Crippen LogP contribution is -2.28. The molecule has 6 heteroatoms. The number of nitrogens with zero attached hydrogens (tertiary/aromatic N) is 2. The van der Waals surface area contributed by atoms with Crippen LogP contribution in [0.5, 0.6) is 11.5 Å². The number of carbonyl (C=O) groups excluding carboxylic acids is 1. The number of likely N-dealkylation sites (N-methyl/N-ethyl adjacent to an activating group) is 1. The average Bonchev–Trinajstić information content (AvgIpc) is 2.61. The van der Waals surface area contributed by atoms with Gasteiger partial charge >= 0.3 is 0 Å². The summed E-state index contributed by atoms with van der Waals surface area (Å²) in [6.07, 6.45) is 0.570. The Bertz CT molecular complexity index is 566. The Morgan fingerprint density at radius 3 is 2.60 bits per heavy atom. The van der Waals surface area contributed by atoms with Gasteiger partial charge in [0.1, 0.15) is 13.0 Å². The van der Waals surface area contributed by atoms with Crippen LogP contribution in [0.4, 0.5) is 0 Å². The Morgan fingerprint density at radius 1 is 1.20 bits per heavy atom. The zero-order valence-electron chi connectivity index (χ0n) is 15.5. The molecule has 6 nitrogen and oxygen atoms in total. The number of amides is 1. The summed E-state index contributed by atoms with van der Waals surface area (Å²) in [5, 5.41) is 11.2. The van der Waals surface area contributed by atoms with Gasteiger partial charge in [0.05, 0.1) is 12.7 Å². The maximum Gasteiger partial charge on any atom is 0.234 e. The van der Waals surface area contributed by atoms with Gasteiger partial charge in [-0.25, -0.2) is 0 Å². The van der Waals surface area contributed by atoms with Crippen LogP contribution in [-0.2, 0) is 11.2 Å². The standard InChI is InChI=1S/C19H29N3O3/c1-4-22(5-2)13-14-25-17-8-7-16(15-18(17)24-6-3)10-12-21-19(23)9-11-20/h7-8,15H,4-6,9-10,12-14H2,1-3H3,(H,21,23). The Balaban J connectivity index is 2.59. The van der Waals surface area contributed by atoms with Gasteiger partial charge in [0.2, 0.25) is 5.91 Å². The first-order chi connectivity index (χ1) is 12.1. The quantitative estimate of drug-likeness (QED) is 0.628. The first-order valence-electron chi connectivity index (χ1n) is 8.89. The highest BCUT2D eigenvalue weighted by Crippen LogP contribution is 2.28. The van der Waals surface area contributed by atoms with Gasteiger partial charge in [0, 0.05) is 13.1 Å². The average molecular weight is 347 g/mol. The van der Waals surface area contributed by atoms with Crippen molar-refractivity contribution in [3.63, 3.8) is 0 Å². The number of benzene rings is 1. The molecule has 1 amide bonds. The molecule has 1 aromatic rings. The van der Waals surface area contributed by atoms with Crippen molar-refractivity contribution >= 4 is 5.91 Å². The normalized spacial score (nSPS) is 10.4. The molecule has 0 fully saturated rings. The second kappa shape index (κ2) is 12.2. The van der Waals surface area contributed by atoms with Crippen molar-refractivity contribution in [1.29, 1.82) is 5.26 Å². The second-order valence-corrected chi connectivity index (χ2v) is 5.52. The van der Waals surface area contributed by atoms with Crippen LogP contribution < -0.4 is 14.8 Å². The molecule has 0 spiro atoms. The summed E-state index contributed by atoms with van der Waals surface area (Å²) in [6, 6.07) is 7.68. The molecule has 1 N–H and O–H groups in total. The molecule has 0 aliphatic heterocycles. The summed E-state index contributed by atoms with van der Waals surface area (Å²) in [5.74, 6) is 1.22. The predicted octanol–water partition coefficient (Wildman–Crippen LogP) is 2.38. The molecule has 0 aliphatic carbocycles. The van der Waals surface area contributed by atoms with Crippen molar-refractivity contribution in [2.75, 3.05) is 39.4 Å². The van der Waals surface area contributed by atoms with Gasteiger partial charge in [-0.1, -0.05) is 19.9 Å². The van der Waals surface area contributed by atoms with E-state index in [0.717, 1.165) is 36.7 Å². The van der Waals surface area contributed by atoms with E-state index in [9.17, 15) is 4.79 Å². The van der Waals surface area contributed by atoms with E-state index in [-0.39, 0.29) is 12.3 Å². The van der Waals surface area contributed by atoms with E-state index >= 15 is 0 Å². The highest BCUT2D eigenvalue weighted by atomic mass is 16.5. The van der Waals surface area contributed by atoms with Gasteiger partial charge in [-0.3, -0.25) is 4.79 Å². The number of nitriles is 1. The van der Waals surface area contributed by atoms with Crippen LogP contribution in [0, 0.1) is 11.3 Å². The van der Waals surface area contributed by atoms with Crippen molar-refractivity contribution < 1.29 is 14.3 Å². The van der Waals surface area contributed by atoms with Crippen LogP contribution in [0.3, 0.4) is 0 Å². The third-order valence-corrected chi connectivity index (χ3v) is 3.84. The molecular formula is C19H29N3O3. The highest BCUT2D eigenvalue weighted by Gasteiger charge is 2.08. The molecule has 0 heterocycles. The lowest BCUT2D eigenvalue weighted by molar-refractivity contribution is -0.120. The van der Waals surface area contributed by atoms with Crippen molar-refractivity contribution in [1.82, 2.24) is 10.2 Å². The minimum absolute atomic E-state index is 0.108. The van der Waals surface area contributed by atoms with E-state index in [0.29, 0.717) is 26.2 Å². The number of hydrogen-bond donors (Lipinski definition) is 1. The molecule has 0 unspecified atom stereocenters. The maximum atomic E-state index is 11.3. The first-order valence-corrected chi connectivity index (χ1v) is 8.89. The number of ether oxygens (including phenoxy) is 2. The fourth-order valence-electron chi connectivity index (χ4n) is 2.40. The molecule has 0 atom stereocenters. The van der Waals surface area contributed by atoms with E-state index in [4.69, 9.17) is 14.7 Å². The van der Waals surface area contributed by atoms with E-state index in [2.05, 4.69) is 24.1 Å². The fraction of sp³-hybridized carbons (Fsp3) is 0.579. The molecule has 0 saturated carbocycles. The van der Waals surface area contributed by atoms with Crippen LogP contribution in [0.1, 0.15) is 32.8 Å². The Morgan fingerprint density at radius 2 is 1.96 bits per heavy atom. The largest absolute Gasteiger partial charge is 0.490 e. The van der Waals surface area contributed by atoms with Crippen LogP contribution in [0.2, 0.25) is 0 Å². The van der Waals surface area contributed by atoms with E-state index in [1.165, 1.54) is 0 Å². The predicted molar refractivity (Wildman–Crippen MR) is 97.8 cm³/mol. The SMILES string of the molecule is CCOc1cc(CCNC(=O)CC#N)ccc1OCCN(CC)CC. The molecule has 0 bridgehead atoms. The molecule has 25 heavy (non-hydrogen) atoms. The molecule has 1 rings (SSSR count). The summed E-state index contributed by atoms with van der Waals surface area (Å²) in [5.41, 5.74) is 1.05. The van der Waals surface area contributed by atoms with E-state index in [1.54, 1.807) is 0 Å². The molecule has 0 saturated heterocycles. The Hall–Kier alpha value is -2.26. The molecular weight excluding hydrogens is 318 g/mol. The zero-order valence-corrected chi connectivity index (χ0v) is 15.5. The van der Waals surface area contributed by atoms with Gasteiger partial charge in [-0.15, -0.1) is 0 Å². The summed E-state index contributed by atoms with van der Waals surface area (Å²) in [6.45, 7) is 10.8. The lowest BCUT2D eigenvalue weighted by atomic mass is 10.1. The summed E-state index contributed by atoms with van der Waals surface area (Å²) in [4.78, 5) is 13.6. The van der Waals surface area contributed by atoms with Gasteiger partial charge in [-0.05, 0) is 44.1 Å². The maximum absolute atomic E-state index is 11.3. The Labute approximate surface area is 150 Å². The highest BCUT2D eigenvalue weighted by molar-refractivity contribution is 5.77. The second-order valence-electron chi connectivity index (χ2n) is 5.52. The van der Waals surface area contributed by atoms with Crippen molar-refractivity contribution in [3.8, 4) is 17.6 Å². The van der Waals surface area contributed by atoms with Gasteiger partial charge in [-0.2, -0.15) is 5.26 Å². The van der Waals surface area contributed by atoms with E-state index < -0.39 is 0 Å². The van der Waals surface area contributed by atoms with Crippen LogP contribution in [-0.4, -0.2) is 50.2 Å². The van der Waals surface area contributed by atoms with E-state index in [1.807, 2.05) is 31.2 Å². The lowest BCUT2D eigenvalue weighted by Gasteiger charge is -2.19. The van der Waals surface area contributed by atoms with Crippen LogP contribution in [0.25, 0.3) is 0 Å². The number of hydrogen-bond acceptors (Lipinski definition) is 5. The summed E-state index contributed by atoms with van der Waals surface area (Å²) < 4.78 is 11.6. The van der Waals surface area contributed by atoms with Crippen molar-refractivity contribution in [3.05, 3.63) is 23.8 Å². The third-order valence-electron chi connectivity index (χ3n) is 3.84. The van der Waals surface area contributed by atoms with Gasteiger partial charge in [0.15, 0.2) is 11.5 Å². The van der Waals surface area contributed by atoms with Crippen molar-refractivity contribution in [2.24, 2.45) is 0 Å².